The molecule has 10 heteroatoms. The SMILES string of the molecule is O=C(COc1ccccc1)NCCN(C(=O)Nc1ccc([N+](=O)[O-])cc1)c1ccc(Oc2ccccc2)cc1. The molecule has 0 aliphatic heterocycles. The van der Waals surface area contributed by atoms with E-state index >= 15 is 0 Å². The van der Waals surface area contributed by atoms with Gasteiger partial charge in [0.25, 0.3) is 11.6 Å². The normalized spacial score (nSPS) is 10.3. The summed E-state index contributed by atoms with van der Waals surface area (Å²) in [5.74, 6) is 1.52. The molecule has 4 aromatic rings. The van der Waals surface area contributed by atoms with Gasteiger partial charge in [-0.05, 0) is 60.7 Å². The number of benzene rings is 4. The van der Waals surface area contributed by atoms with E-state index in [2.05, 4.69) is 10.6 Å². The number of nitrogens with one attached hydrogen (secondary N) is 2. The maximum Gasteiger partial charge on any atom is 0.326 e. The summed E-state index contributed by atoms with van der Waals surface area (Å²) < 4.78 is 11.3. The van der Waals surface area contributed by atoms with Crippen LogP contribution in [-0.2, 0) is 4.79 Å². The Morgan fingerprint density at radius 1 is 0.769 bits per heavy atom. The lowest BCUT2D eigenvalue weighted by molar-refractivity contribution is -0.384. The highest BCUT2D eigenvalue weighted by molar-refractivity contribution is 6.01. The van der Waals surface area contributed by atoms with Crippen molar-refractivity contribution >= 4 is 29.0 Å². The van der Waals surface area contributed by atoms with Crippen LogP contribution in [0.2, 0.25) is 0 Å². The number of hydrogen-bond donors (Lipinski definition) is 2. The van der Waals surface area contributed by atoms with Crippen LogP contribution in [0.4, 0.5) is 21.9 Å². The fourth-order valence-electron chi connectivity index (χ4n) is 3.55. The lowest BCUT2D eigenvalue weighted by Gasteiger charge is -2.24. The average molecular weight is 527 g/mol. The molecule has 0 heterocycles. The monoisotopic (exact) mass is 526 g/mol. The molecule has 0 aliphatic carbocycles. The number of nitro groups is 1. The van der Waals surface area contributed by atoms with Gasteiger partial charge in [0, 0.05) is 36.6 Å². The molecule has 39 heavy (non-hydrogen) atoms. The predicted octanol–water partition coefficient (Wildman–Crippen LogP) is 5.62. The molecule has 0 aliphatic rings. The van der Waals surface area contributed by atoms with Gasteiger partial charge in [0.1, 0.15) is 17.2 Å². The minimum absolute atomic E-state index is 0.0840. The number of nitro benzene ring substituents is 1. The van der Waals surface area contributed by atoms with Crippen molar-refractivity contribution in [1.82, 2.24) is 5.32 Å². The number of ether oxygens (including phenoxy) is 2. The van der Waals surface area contributed by atoms with Gasteiger partial charge in [-0.15, -0.1) is 0 Å². The first-order valence-electron chi connectivity index (χ1n) is 12.1. The maximum absolute atomic E-state index is 13.2. The Kier molecular flexibility index (Phi) is 9.06. The number of non-ortho nitro benzene ring substituents is 1. The zero-order chi connectivity index (χ0) is 27.5. The van der Waals surface area contributed by atoms with Crippen LogP contribution in [0.1, 0.15) is 0 Å². The summed E-state index contributed by atoms with van der Waals surface area (Å²) >= 11 is 0. The Labute approximate surface area is 224 Å². The first-order chi connectivity index (χ1) is 19.0. The Morgan fingerprint density at radius 2 is 1.36 bits per heavy atom. The number of anilines is 2. The summed E-state index contributed by atoms with van der Waals surface area (Å²) in [5.41, 5.74) is 0.865. The molecule has 0 saturated heterocycles. The molecule has 0 radical (unpaired) electrons. The predicted molar refractivity (Wildman–Crippen MR) is 147 cm³/mol. The summed E-state index contributed by atoms with van der Waals surface area (Å²) in [4.78, 5) is 37.3. The van der Waals surface area contributed by atoms with Gasteiger partial charge in [-0.1, -0.05) is 36.4 Å². The third-order valence-corrected chi connectivity index (χ3v) is 5.47. The first-order valence-corrected chi connectivity index (χ1v) is 12.1. The highest BCUT2D eigenvalue weighted by Crippen LogP contribution is 2.25. The molecule has 0 fully saturated rings. The number of urea groups is 1. The van der Waals surface area contributed by atoms with Crippen molar-refractivity contribution in [2.24, 2.45) is 0 Å². The molecule has 10 nitrogen and oxygen atoms in total. The van der Waals surface area contributed by atoms with Crippen molar-refractivity contribution in [3.63, 3.8) is 0 Å². The van der Waals surface area contributed by atoms with Crippen molar-refractivity contribution in [2.45, 2.75) is 0 Å². The third-order valence-electron chi connectivity index (χ3n) is 5.47. The van der Waals surface area contributed by atoms with E-state index in [9.17, 15) is 19.7 Å². The first kappa shape index (κ1) is 26.7. The van der Waals surface area contributed by atoms with Crippen LogP contribution in [0.3, 0.4) is 0 Å². The fraction of sp³-hybridized carbons (Fsp3) is 0.103. The Hall–Kier alpha value is -5.38. The van der Waals surface area contributed by atoms with Crippen LogP contribution < -0.4 is 25.0 Å². The number of rotatable bonds is 11. The highest BCUT2D eigenvalue weighted by Gasteiger charge is 2.17. The second kappa shape index (κ2) is 13.2. The van der Waals surface area contributed by atoms with Crippen molar-refractivity contribution < 1.29 is 24.0 Å². The zero-order valence-electron chi connectivity index (χ0n) is 20.9. The van der Waals surface area contributed by atoms with Crippen molar-refractivity contribution in [3.8, 4) is 17.2 Å². The minimum atomic E-state index is -0.513. The Morgan fingerprint density at radius 3 is 1.97 bits per heavy atom. The second-order valence-electron chi connectivity index (χ2n) is 8.25. The minimum Gasteiger partial charge on any atom is -0.484 e. The second-order valence-corrected chi connectivity index (χ2v) is 8.25. The van der Waals surface area contributed by atoms with E-state index in [1.54, 1.807) is 36.4 Å². The average Bonchev–Trinajstić information content (AvgIpc) is 2.96. The van der Waals surface area contributed by atoms with Gasteiger partial charge in [-0.3, -0.25) is 19.8 Å². The van der Waals surface area contributed by atoms with Gasteiger partial charge in [0.15, 0.2) is 6.61 Å². The summed E-state index contributed by atoms with van der Waals surface area (Å²) in [5, 5.41) is 16.4. The third kappa shape index (κ3) is 8.05. The van der Waals surface area contributed by atoms with E-state index in [0.29, 0.717) is 28.6 Å². The zero-order valence-corrected chi connectivity index (χ0v) is 20.9. The molecular weight excluding hydrogens is 500 g/mol. The Balaban J connectivity index is 1.41. The van der Waals surface area contributed by atoms with Crippen LogP contribution >= 0.6 is 0 Å². The molecule has 2 N–H and O–H groups in total. The maximum atomic E-state index is 13.2. The number of carbonyl (C=O) groups is 2. The van der Waals surface area contributed by atoms with E-state index in [1.807, 2.05) is 48.5 Å². The molecular formula is C29H26N4O6. The van der Waals surface area contributed by atoms with E-state index in [0.717, 1.165) is 0 Å². The van der Waals surface area contributed by atoms with E-state index in [-0.39, 0.29) is 31.3 Å². The summed E-state index contributed by atoms with van der Waals surface area (Å²) in [7, 11) is 0. The molecule has 4 rings (SSSR count). The number of hydrogen-bond acceptors (Lipinski definition) is 6. The van der Waals surface area contributed by atoms with Gasteiger partial charge in [-0.25, -0.2) is 4.79 Å². The largest absolute Gasteiger partial charge is 0.484 e. The standard InChI is InChI=1S/C29H26N4O6/c34-28(21-38-25-7-3-1-4-8-25)30-19-20-32(29(35)31-22-11-13-24(14-12-22)33(36)37)23-15-17-27(18-16-23)39-26-9-5-2-6-10-26/h1-18H,19-21H2,(H,30,34)(H,31,35). The molecule has 198 valence electrons. The van der Waals surface area contributed by atoms with E-state index in [4.69, 9.17) is 9.47 Å². The fourth-order valence-corrected chi connectivity index (χ4v) is 3.55. The Bertz CT molecular complexity index is 1380. The topological polar surface area (TPSA) is 123 Å². The van der Waals surface area contributed by atoms with Crippen molar-refractivity contribution in [1.29, 1.82) is 0 Å². The number of amides is 3. The van der Waals surface area contributed by atoms with E-state index < -0.39 is 11.0 Å². The van der Waals surface area contributed by atoms with Crippen LogP contribution in [0.15, 0.2) is 109 Å². The van der Waals surface area contributed by atoms with Gasteiger partial charge in [-0.2, -0.15) is 0 Å². The molecule has 0 atom stereocenters. The van der Waals surface area contributed by atoms with Crippen molar-refractivity contribution in [3.05, 3.63) is 119 Å². The lowest BCUT2D eigenvalue weighted by atomic mass is 10.2. The number of nitrogens with zero attached hydrogens (tertiary/aromatic N) is 2. The summed E-state index contributed by atoms with van der Waals surface area (Å²) in [6, 6.07) is 30.3. The van der Waals surface area contributed by atoms with Gasteiger partial charge in [0.2, 0.25) is 0 Å². The smallest absolute Gasteiger partial charge is 0.326 e. The summed E-state index contributed by atoms with van der Waals surface area (Å²) in [6.45, 7) is 0.145. The molecule has 3 amide bonds. The van der Waals surface area contributed by atoms with Crippen molar-refractivity contribution in [2.75, 3.05) is 29.9 Å². The molecule has 0 saturated carbocycles. The van der Waals surface area contributed by atoms with Crippen LogP contribution in [0.25, 0.3) is 0 Å². The van der Waals surface area contributed by atoms with Gasteiger partial charge in [0.05, 0.1) is 4.92 Å². The van der Waals surface area contributed by atoms with Crippen LogP contribution in [0, 0.1) is 10.1 Å². The van der Waals surface area contributed by atoms with Gasteiger partial charge >= 0.3 is 6.03 Å². The number of para-hydroxylation sites is 2. The van der Waals surface area contributed by atoms with Crippen LogP contribution in [-0.4, -0.2) is 36.6 Å². The molecule has 0 unspecified atom stereocenters. The van der Waals surface area contributed by atoms with Crippen LogP contribution in [0.5, 0.6) is 17.2 Å². The molecule has 0 bridgehead atoms. The number of carbonyl (C=O) groups excluding carboxylic acids is 2. The molecule has 0 spiro atoms. The molecule has 0 aromatic heterocycles. The highest BCUT2D eigenvalue weighted by atomic mass is 16.6. The quantitative estimate of drug-likeness (QED) is 0.193. The van der Waals surface area contributed by atoms with Gasteiger partial charge < -0.3 is 20.1 Å². The summed E-state index contributed by atoms with van der Waals surface area (Å²) in [6.07, 6.45) is 0. The lowest BCUT2D eigenvalue weighted by Crippen LogP contribution is -2.42. The molecule has 4 aromatic carbocycles. The van der Waals surface area contributed by atoms with E-state index in [1.165, 1.54) is 29.2 Å².